The minimum atomic E-state index is -0.288. The van der Waals surface area contributed by atoms with Crippen LogP contribution >= 0.6 is 11.8 Å². The quantitative estimate of drug-likeness (QED) is 0.516. The van der Waals surface area contributed by atoms with Gasteiger partial charge in [0.15, 0.2) is 0 Å². The molecule has 7 nitrogen and oxygen atoms in total. The number of benzene rings is 1. The van der Waals surface area contributed by atoms with Crippen LogP contribution in [0.3, 0.4) is 0 Å². The summed E-state index contributed by atoms with van der Waals surface area (Å²) >= 11 is 1.34. The van der Waals surface area contributed by atoms with Crippen LogP contribution in [0.1, 0.15) is 11.5 Å². The Morgan fingerprint density at radius 3 is 3.08 bits per heavy atom. The second-order valence-electron chi connectivity index (χ2n) is 4.98. The maximum absolute atomic E-state index is 13.7. The number of hydrogen-bond donors (Lipinski definition) is 0. The third kappa shape index (κ3) is 3.11. The Hall–Kier alpha value is -2.81. The molecular formula is C15H11FN6OS. The Morgan fingerprint density at radius 1 is 1.25 bits per heavy atom. The van der Waals surface area contributed by atoms with E-state index in [1.54, 1.807) is 23.3 Å². The van der Waals surface area contributed by atoms with Crippen LogP contribution in [0.4, 0.5) is 4.39 Å². The number of nitrogens with zero attached hydrogens (tertiary/aromatic N) is 6. The third-order valence-electron chi connectivity index (χ3n) is 3.31. The van der Waals surface area contributed by atoms with Crippen LogP contribution in [0.15, 0.2) is 52.8 Å². The monoisotopic (exact) mass is 342 g/mol. The molecule has 4 rings (SSSR count). The molecule has 4 aromatic rings. The van der Waals surface area contributed by atoms with Gasteiger partial charge in [-0.2, -0.15) is 5.10 Å². The van der Waals surface area contributed by atoms with Crippen molar-refractivity contribution < 1.29 is 8.81 Å². The molecule has 0 saturated carbocycles. The summed E-state index contributed by atoms with van der Waals surface area (Å²) in [7, 11) is 0. The Kier molecular flexibility index (Phi) is 3.91. The van der Waals surface area contributed by atoms with Crippen molar-refractivity contribution in [3.8, 4) is 0 Å². The molecule has 3 aromatic heterocycles. The number of thioether (sulfide) groups is 1. The SMILES string of the molecule is Fc1cc(CSc2nnc(Cn3cncn3)o2)c2ncccc2c1. The van der Waals surface area contributed by atoms with Crippen LogP contribution in [0.2, 0.25) is 0 Å². The summed E-state index contributed by atoms with van der Waals surface area (Å²) in [5.74, 6) is 0.629. The van der Waals surface area contributed by atoms with Gasteiger partial charge < -0.3 is 4.42 Å². The fourth-order valence-electron chi connectivity index (χ4n) is 2.29. The molecule has 9 heteroatoms. The summed E-state index contributed by atoms with van der Waals surface area (Å²) in [5, 5.41) is 13.1. The largest absolute Gasteiger partial charge is 0.414 e. The van der Waals surface area contributed by atoms with Crippen molar-refractivity contribution in [3.05, 3.63) is 60.4 Å². The van der Waals surface area contributed by atoms with Crippen molar-refractivity contribution >= 4 is 22.7 Å². The molecule has 120 valence electrons. The number of hydrogen-bond acceptors (Lipinski definition) is 7. The smallest absolute Gasteiger partial charge is 0.276 e. The van der Waals surface area contributed by atoms with Gasteiger partial charge in [0.25, 0.3) is 5.22 Å². The van der Waals surface area contributed by atoms with Crippen molar-refractivity contribution in [3.63, 3.8) is 0 Å². The van der Waals surface area contributed by atoms with E-state index in [0.29, 0.717) is 23.4 Å². The lowest BCUT2D eigenvalue weighted by Gasteiger charge is -2.04. The lowest BCUT2D eigenvalue weighted by atomic mass is 10.1. The molecule has 0 aliphatic carbocycles. The van der Waals surface area contributed by atoms with E-state index < -0.39 is 0 Å². The van der Waals surface area contributed by atoms with Gasteiger partial charge in [-0.05, 0) is 23.8 Å². The summed E-state index contributed by atoms with van der Waals surface area (Å²) in [6, 6.07) is 6.57. The summed E-state index contributed by atoms with van der Waals surface area (Å²) in [5.41, 5.74) is 1.56. The molecule has 0 bridgehead atoms. The summed E-state index contributed by atoms with van der Waals surface area (Å²) in [4.78, 5) is 8.18. The molecule has 0 N–H and O–H groups in total. The van der Waals surface area contributed by atoms with Crippen LogP contribution in [0, 0.1) is 5.82 Å². The average molecular weight is 342 g/mol. The molecule has 0 aliphatic heterocycles. The molecule has 0 saturated heterocycles. The highest BCUT2D eigenvalue weighted by molar-refractivity contribution is 7.98. The van der Waals surface area contributed by atoms with Crippen molar-refractivity contribution in [2.45, 2.75) is 17.5 Å². The first kappa shape index (κ1) is 14.8. The minimum absolute atomic E-state index is 0.288. The first-order valence-corrected chi connectivity index (χ1v) is 8.07. The van der Waals surface area contributed by atoms with E-state index in [1.807, 2.05) is 6.07 Å². The van der Waals surface area contributed by atoms with E-state index in [-0.39, 0.29) is 5.82 Å². The number of aromatic nitrogens is 6. The van der Waals surface area contributed by atoms with Gasteiger partial charge in [0.1, 0.15) is 25.0 Å². The first-order chi connectivity index (χ1) is 11.8. The predicted molar refractivity (Wildman–Crippen MR) is 84.7 cm³/mol. The lowest BCUT2D eigenvalue weighted by Crippen LogP contribution is -1.99. The van der Waals surface area contributed by atoms with E-state index in [2.05, 4.69) is 25.3 Å². The Labute approximate surface area is 139 Å². The van der Waals surface area contributed by atoms with Gasteiger partial charge in [-0.15, -0.1) is 10.2 Å². The van der Waals surface area contributed by atoms with Crippen LogP contribution in [0.25, 0.3) is 10.9 Å². The van der Waals surface area contributed by atoms with E-state index in [1.165, 1.54) is 30.2 Å². The topological polar surface area (TPSA) is 82.5 Å². The zero-order chi connectivity index (χ0) is 16.4. The normalized spacial score (nSPS) is 11.2. The van der Waals surface area contributed by atoms with Gasteiger partial charge in [-0.1, -0.05) is 17.8 Å². The molecule has 0 atom stereocenters. The zero-order valence-corrected chi connectivity index (χ0v) is 13.1. The van der Waals surface area contributed by atoms with Gasteiger partial charge in [-0.25, -0.2) is 14.1 Å². The highest BCUT2D eigenvalue weighted by Crippen LogP contribution is 2.26. The molecule has 0 spiro atoms. The maximum Gasteiger partial charge on any atom is 0.276 e. The van der Waals surface area contributed by atoms with Crippen molar-refractivity contribution in [2.75, 3.05) is 0 Å². The highest BCUT2D eigenvalue weighted by Gasteiger charge is 2.11. The minimum Gasteiger partial charge on any atom is -0.414 e. The van der Waals surface area contributed by atoms with E-state index >= 15 is 0 Å². The lowest BCUT2D eigenvalue weighted by molar-refractivity contribution is 0.397. The fraction of sp³-hybridized carbons (Fsp3) is 0.133. The van der Waals surface area contributed by atoms with Gasteiger partial charge >= 0.3 is 0 Å². The second kappa shape index (κ2) is 6.36. The number of rotatable bonds is 5. The maximum atomic E-state index is 13.7. The van der Waals surface area contributed by atoms with Gasteiger partial charge in [-0.3, -0.25) is 4.98 Å². The number of halogens is 1. The van der Waals surface area contributed by atoms with Crippen LogP contribution < -0.4 is 0 Å². The molecule has 0 aliphatic rings. The molecule has 0 fully saturated rings. The summed E-state index contributed by atoms with van der Waals surface area (Å²) in [6.07, 6.45) is 4.70. The standard InChI is InChI=1S/C15H11FN6OS/c16-12-4-10-2-1-3-18-14(10)11(5-12)7-24-15-21-20-13(23-15)6-22-9-17-8-19-22/h1-5,8-9H,6-7H2. The second-order valence-corrected chi connectivity index (χ2v) is 5.91. The first-order valence-electron chi connectivity index (χ1n) is 7.09. The molecule has 3 heterocycles. The van der Waals surface area contributed by atoms with Crippen LogP contribution in [-0.4, -0.2) is 29.9 Å². The van der Waals surface area contributed by atoms with Gasteiger partial charge in [0, 0.05) is 17.3 Å². The molecule has 24 heavy (non-hydrogen) atoms. The van der Waals surface area contributed by atoms with Gasteiger partial charge in [0.2, 0.25) is 5.89 Å². The zero-order valence-electron chi connectivity index (χ0n) is 12.3. The van der Waals surface area contributed by atoms with Crippen molar-refractivity contribution in [2.24, 2.45) is 0 Å². The van der Waals surface area contributed by atoms with E-state index in [0.717, 1.165) is 16.5 Å². The van der Waals surface area contributed by atoms with Crippen LogP contribution in [0.5, 0.6) is 0 Å². The molecule has 1 aromatic carbocycles. The van der Waals surface area contributed by atoms with Crippen molar-refractivity contribution in [1.82, 2.24) is 29.9 Å². The van der Waals surface area contributed by atoms with Gasteiger partial charge in [0.05, 0.1) is 5.52 Å². The van der Waals surface area contributed by atoms with E-state index in [9.17, 15) is 4.39 Å². The molecular weight excluding hydrogens is 331 g/mol. The summed E-state index contributed by atoms with van der Waals surface area (Å²) in [6.45, 7) is 0.359. The molecule has 0 radical (unpaired) electrons. The Bertz CT molecular complexity index is 971. The molecule has 0 unspecified atom stereocenters. The summed E-state index contributed by atoms with van der Waals surface area (Å²) < 4.78 is 20.9. The Morgan fingerprint density at radius 2 is 2.21 bits per heavy atom. The third-order valence-corrected chi connectivity index (χ3v) is 4.18. The predicted octanol–water partition coefficient (Wildman–Crippen LogP) is 2.69. The highest BCUT2D eigenvalue weighted by atomic mass is 32.2. The fourth-order valence-corrected chi connectivity index (χ4v) is 3.04. The number of fused-ring (bicyclic) bond motifs is 1. The molecule has 0 amide bonds. The number of pyridine rings is 1. The van der Waals surface area contributed by atoms with E-state index in [4.69, 9.17) is 4.42 Å². The Balaban J connectivity index is 1.50. The average Bonchev–Trinajstić information content (AvgIpc) is 3.25. The van der Waals surface area contributed by atoms with Crippen LogP contribution in [-0.2, 0) is 12.3 Å². The van der Waals surface area contributed by atoms with Crippen molar-refractivity contribution in [1.29, 1.82) is 0 Å².